The Morgan fingerprint density at radius 3 is 2.60 bits per heavy atom. The van der Waals surface area contributed by atoms with Crippen molar-refractivity contribution < 1.29 is 4.79 Å². The summed E-state index contributed by atoms with van der Waals surface area (Å²) in [7, 11) is 0. The highest BCUT2D eigenvalue weighted by molar-refractivity contribution is 7.99. The van der Waals surface area contributed by atoms with Crippen LogP contribution in [0.5, 0.6) is 0 Å². The molecule has 110 valence electrons. The maximum atomic E-state index is 12.4. The molecule has 2 N–H and O–H groups in total. The lowest BCUT2D eigenvalue weighted by Gasteiger charge is -2.28. The molecule has 0 unspecified atom stereocenters. The minimum Gasteiger partial charge on any atom is -0.385 e. The molecule has 0 aliphatic heterocycles. The molecule has 1 saturated carbocycles. The van der Waals surface area contributed by atoms with E-state index in [0.29, 0.717) is 6.04 Å². The number of nitrogens with one attached hydrogen (secondary N) is 2. The third kappa shape index (κ3) is 3.92. The second-order valence-electron chi connectivity index (χ2n) is 5.26. The van der Waals surface area contributed by atoms with Crippen LogP contribution in [0.15, 0.2) is 24.3 Å². The van der Waals surface area contributed by atoms with Crippen molar-refractivity contribution in [2.24, 2.45) is 0 Å². The topological polar surface area (TPSA) is 41.1 Å². The van der Waals surface area contributed by atoms with Crippen LogP contribution in [-0.4, -0.2) is 30.0 Å². The van der Waals surface area contributed by atoms with E-state index >= 15 is 0 Å². The highest BCUT2D eigenvalue weighted by atomic mass is 32.2. The molecule has 2 rings (SSSR count). The molecular formula is C16H24N2OS. The van der Waals surface area contributed by atoms with Crippen molar-refractivity contribution >= 4 is 23.4 Å². The smallest absolute Gasteiger partial charge is 0.253 e. The van der Waals surface area contributed by atoms with Crippen molar-refractivity contribution in [3.63, 3.8) is 0 Å². The molecule has 1 aliphatic rings. The normalized spacial score (nSPS) is 22.3. The first-order valence-corrected chi connectivity index (χ1v) is 8.70. The fraction of sp³-hybridized carbons (Fsp3) is 0.562. The minimum atomic E-state index is 0.0501. The molecular weight excluding hydrogens is 268 g/mol. The van der Waals surface area contributed by atoms with Crippen molar-refractivity contribution in [2.75, 3.05) is 18.1 Å². The zero-order valence-electron chi connectivity index (χ0n) is 12.3. The molecule has 0 atom stereocenters. The van der Waals surface area contributed by atoms with Crippen LogP contribution in [-0.2, 0) is 0 Å². The number of amides is 1. The van der Waals surface area contributed by atoms with Gasteiger partial charge in [-0.3, -0.25) is 4.79 Å². The zero-order valence-corrected chi connectivity index (χ0v) is 13.1. The van der Waals surface area contributed by atoms with Gasteiger partial charge < -0.3 is 10.6 Å². The van der Waals surface area contributed by atoms with Crippen molar-refractivity contribution in [3.8, 4) is 0 Å². The summed E-state index contributed by atoms with van der Waals surface area (Å²) in [5, 5.41) is 7.21. The van der Waals surface area contributed by atoms with E-state index in [-0.39, 0.29) is 5.91 Å². The van der Waals surface area contributed by atoms with Crippen molar-refractivity contribution in [1.29, 1.82) is 0 Å². The van der Waals surface area contributed by atoms with Crippen LogP contribution < -0.4 is 10.6 Å². The fourth-order valence-corrected chi connectivity index (χ4v) is 3.48. The lowest BCUT2D eigenvalue weighted by atomic mass is 9.94. The van der Waals surface area contributed by atoms with Gasteiger partial charge in [0.15, 0.2) is 0 Å². The Kier molecular flexibility index (Phi) is 5.77. The number of benzene rings is 1. The number of carbonyl (C=O) groups excluding carboxylic acids is 1. The standard InChI is InChI=1S/C16H24N2OS/c1-3-17-15-7-5-4-6-14(15)16(19)18-12-8-10-13(20-2)11-9-12/h4-7,12-13,17H,3,8-11H2,1-2H3,(H,18,19). The van der Waals surface area contributed by atoms with Gasteiger partial charge >= 0.3 is 0 Å². The molecule has 20 heavy (non-hydrogen) atoms. The van der Waals surface area contributed by atoms with E-state index in [9.17, 15) is 4.79 Å². The highest BCUT2D eigenvalue weighted by Gasteiger charge is 2.22. The monoisotopic (exact) mass is 292 g/mol. The van der Waals surface area contributed by atoms with Crippen LogP contribution in [0.3, 0.4) is 0 Å². The predicted octanol–water partition coefficient (Wildman–Crippen LogP) is 3.52. The largest absolute Gasteiger partial charge is 0.385 e. The van der Waals surface area contributed by atoms with Gasteiger partial charge in [-0.15, -0.1) is 0 Å². The molecule has 0 heterocycles. The summed E-state index contributed by atoms with van der Waals surface area (Å²) in [6.45, 7) is 2.86. The molecule has 0 radical (unpaired) electrons. The lowest BCUT2D eigenvalue weighted by molar-refractivity contribution is 0.0929. The van der Waals surface area contributed by atoms with Gasteiger partial charge in [0.2, 0.25) is 0 Å². The molecule has 0 saturated heterocycles. The number of hydrogen-bond donors (Lipinski definition) is 2. The number of anilines is 1. The molecule has 0 spiro atoms. The molecule has 1 amide bonds. The number of carbonyl (C=O) groups is 1. The summed E-state index contributed by atoms with van der Waals surface area (Å²) in [5.74, 6) is 0.0501. The van der Waals surface area contributed by atoms with E-state index in [1.165, 1.54) is 12.8 Å². The molecule has 3 nitrogen and oxygen atoms in total. The molecule has 0 aromatic heterocycles. The lowest BCUT2D eigenvalue weighted by Crippen LogP contribution is -2.38. The third-order valence-corrected chi connectivity index (χ3v) is 5.02. The first-order chi connectivity index (χ1) is 9.74. The molecule has 1 aromatic rings. The van der Waals surface area contributed by atoms with Crippen LogP contribution >= 0.6 is 11.8 Å². The SMILES string of the molecule is CCNc1ccccc1C(=O)NC1CCC(SC)CC1. The number of thioether (sulfide) groups is 1. The van der Waals surface area contributed by atoms with Gasteiger partial charge in [-0.05, 0) is 51.0 Å². The quantitative estimate of drug-likeness (QED) is 0.872. The van der Waals surface area contributed by atoms with E-state index in [0.717, 1.165) is 35.9 Å². The summed E-state index contributed by atoms with van der Waals surface area (Å²) >= 11 is 1.95. The van der Waals surface area contributed by atoms with E-state index in [1.807, 2.05) is 43.0 Å². The van der Waals surface area contributed by atoms with Crippen LogP contribution in [0.4, 0.5) is 5.69 Å². The summed E-state index contributed by atoms with van der Waals surface area (Å²) < 4.78 is 0. The Hall–Kier alpha value is -1.16. The van der Waals surface area contributed by atoms with Gasteiger partial charge in [-0.2, -0.15) is 11.8 Å². The number of para-hydroxylation sites is 1. The van der Waals surface area contributed by atoms with Gasteiger partial charge in [0.25, 0.3) is 5.91 Å². The second kappa shape index (κ2) is 7.58. The average molecular weight is 292 g/mol. The van der Waals surface area contributed by atoms with Gasteiger partial charge in [0.05, 0.1) is 5.56 Å². The number of rotatable bonds is 5. The maximum absolute atomic E-state index is 12.4. The first kappa shape index (κ1) is 15.2. The minimum absolute atomic E-state index is 0.0501. The average Bonchev–Trinajstić information content (AvgIpc) is 2.49. The maximum Gasteiger partial charge on any atom is 0.253 e. The first-order valence-electron chi connectivity index (χ1n) is 7.41. The summed E-state index contributed by atoms with van der Waals surface area (Å²) in [6, 6.07) is 8.06. The Morgan fingerprint density at radius 1 is 1.25 bits per heavy atom. The fourth-order valence-electron chi connectivity index (χ4n) is 2.73. The van der Waals surface area contributed by atoms with Crippen molar-refractivity contribution in [2.45, 2.75) is 43.9 Å². The Morgan fingerprint density at radius 2 is 1.95 bits per heavy atom. The van der Waals surface area contributed by atoms with Crippen molar-refractivity contribution in [3.05, 3.63) is 29.8 Å². The molecule has 1 aromatic carbocycles. The van der Waals surface area contributed by atoms with E-state index in [1.54, 1.807) is 0 Å². The Balaban J connectivity index is 1.95. The molecule has 4 heteroatoms. The summed E-state index contributed by atoms with van der Waals surface area (Å²) in [5.41, 5.74) is 1.67. The number of hydrogen-bond acceptors (Lipinski definition) is 3. The van der Waals surface area contributed by atoms with Crippen LogP contribution in [0.1, 0.15) is 43.0 Å². The summed E-state index contributed by atoms with van der Waals surface area (Å²) in [4.78, 5) is 12.4. The van der Waals surface area contributed by atoms with Gasteiger partial charge in [0.1, 0.15) is 0 Å². The predicted molar refractivity (Wildman–Crippen MR) is 87.6 cm³/mol. The summed E-state index contributed by atoms with van der Waals surface area (Å²) in [6.07, 6.45) is 6.79. The Labute approximate surface area is 125 Å². The second-order valence-corrected chi connectivity index (χ2v) is 6.40. The van der Waals surface area contributed by atoms with E-state index in [2.05, 4.69) is 16.9 Å². The van der Waals surface area contributed by atoms with Crippen LogP contribution in [0.2, 0.25) is 0 Å². The molecule has 1 aliphatic carbocycles. The van der Waals surface area contributed by atoms with Gasteiger partial charge in [0, 0.05) is 23.5 Å². The zero-order chi connectivity index (χ0) is 14.4. The van der Waals surface area contributed by atoms with E-state index in [4.69, 9.17) is 0 Å². The van der Waals surface area contributed by atoms with E-state index < -0.39 is 0 Å². The highest BCUT2D eigenvalue weighted by Crippen LogP contribution is 2.27. The van der Waals surface area contributed by atoms with Gasteiger partial charge in [-0.25, -0.2) is 0 Å². The third-order valence-electron chi connectivity index (χ3n) is 3.88. The van der Waals surface area contributed by atoms with Crippen LogP contribution in [0.25, 0.3) is 0 Å². The van der Waals surface area contributed by atoms with Gasteiger partial charge in [-0.1, -0.05) is 12.1 Å². The van der Waals surface area contributed by atoms with Crippen molar-refractivity contribution in [1.82, 2.24) is 5.32 Å². The van der Waals surface area contributed by atoms with Crippen LogP contribution in [0, 0.1) is 0 Å². The molecule has 0 bridgehead atoms. The molecule has 1 fully saturated rings. The Bertz CT molecular complexity index is 442.